The van der Waals surface area contributed by atoms with Crippen LogP contribution in [0.4, 0.5) is 0 Å². The van der Waals surface area contributed by atoms with Gasteiger partial charge in [-0.25, -0.2) is 9.65 Å². The van der Waals surface area contributed by atoms with Crippen molar-refractivity contribution in [1.29, 1.82) is 5.26 Å². The topological polar surface area (TPSA) is 62.1 Å². The van der Waals surface area contributed by atoms with E-state index in [2.05, 4.69) is 0 Å². The van der Waals surface area contributed by atoms with Gasteiger partial charge in [-0.15, -0.1) is 0 Å². The van der Waals surface area contributed by atoms with Gasteiger partial charge in [0.05, 0.1) is 6.61 Å². The van der Waals surface area contributed by atoms with Crippen molar-refractivity contribution in [3.05, 3.63) is 35.9 Å². The molecular weight excluding hydrogens is 246 g/mol. The summed E-state index contributed by atoms with van der Waals surface area (Å²) < 4.78 is 16.0. The second kappa shape index (κ2) is 7.29. The molecule has 0 heterocycles. The Kier molecular flexibility index (Phi) is 7.29. The van der Waals surface area contributed by atoms with Crippen molar-refractivity contribution in [3.63, 3.8) is 0 Å². The van der Waals surface area contributed by atoms with Gasteiger partial charge in [-0.05, 0) is 16.8 Å². The first-order chi connectivity index (χ1) is 6.64. The van der Waals surface area contributed by atoms with E-state index < -0.39 is 6.87 Å². The molecule has 0 aliphatic rings. The number of halogens is 1. The molecule has 1 rings (SSSR count). The van der Waals surface area contributed by atoms with Crippen molar-refractivity contribution in [2.45, 2.75) is 6.61 Å². The molecule has 15 heavy (non-hydrogen) atoms. The largest absolute Gasteiger partial charge is 1.00 e. The molecule has 4 nitrogen and oxygen atoms in total. The average Bonchev–Trinajstić information content (AvgIpc) is 2.17. The molecule has 1 aromatic rings. The molecule has 0 saturated carbocycles. The second-order valence-corrected chi connectivity index (χ2v) is 5.24. The fraction of sp³-hybridized carbons (Fsp3) is 0.125. The quantitative estimate of drug-likeness (QED) is 0.348. The van der Waals surface area contributed by atoms with Gasteiger partial charge in [-0.3, -0.25) is 4.52 Å². The number of hydrogen-bond acceptors (Lipinski definition) is 3. The minimum absolute atomic E-state index is 0. The van der Waals surface area contributed by atoms with Gasteiger partial charge in [0, 0.05) is 0 Å². The van der Waals surface area contributed by atoms with Crippen molar-refractivity contribution in [3.8, 4) is 6.19 Å². The van der Waals surface area contributed by atoms with Crippen LogP contribution in [0.3, 0.4) is 0 Å². The third-order valence-corrected chi connectivity index (χ3v) is 2.80. The number of nitrogens with zero attached hydrogens (tertiary/aromatic N) is 1. The van der Waals surface area contributed by atoms with Crippen LogP contribution in [0.25, 0.3) is 0 Å². The van der Waals surface area contributed by atoms with E-state index in [1.54, 1.807) is 0 Å². The van der Waals surface area contributed by atoms with Gasteiger partial charge in [0.25, 0.3) is 0 Å². The Balaban J connectivity index is 0. The van der Waals surface area contributed by atoms with Crippen LogP contribution in [0.5, 0.6) is 0 Å². The number of benzene rings is 1. The van der Waals surface area contributed by atoms with Crippen LogP contribution in [-0.4, -0.2) is 0 Å². The maximum atomic E-state index is 11.2. The molecule has 1 unspecified atom stereocenters. The van der Waals surface area contributed by atoms with Gasteiger partial charge in [0.15, 0.2) is 6.19 Å². The summed E-state index contributed by atoms with van der Waals surface area (Å²) in [7, 11) is 0. The van der Waals surface area contributed by atoms with E-state index in [4.69, 9.17) is 21.0 Å². The Morgan fingerprint density at radius 2 is 2.13 bits per heavy atom. The molecule has 1 aromatic carbocycles. The minimum Gasteiger partial charge on any atom is -1.00 e. The summed E-state index contributed by atoms with van der Waals surface area (Å²) in [6, 6.07) is 9.13. The third-order valence-electron chi connectivity index (χ3n) is 1.42. The van der Waals surface area contributed by atoms with Crippen LogP contribution in [-0.2, 0) is 15.7 Å². The van der Waals surface area contributed by atoms with Gasteiger partial charge in [0.1, 0.15) is 0 Å². The van der Waals surface area contributed by atoms with Crippen LogP contribution in [0, 0.1) is 11.5 Å². The first-order valence-electron chi connectivity index (χ1n) is 3.78. The zero-order valence-corrected chi connectivity index (χ0v) is 11.8. The summed E-state index contributed by atoms with van der Waals surface area (Å²) in [6.45, 7) is -3.39. The summed E-state index contributed by atoms with van der Waals surface area (Å²) in [5, 5.41) is 10.1. The fourth-order valence-electron chi connectivity index (χ4n) is 0.824. The normalized spacial score (nSPS) is 13.1. The summed E-state index contributed by atoms with van der Waals surface area (Å²) in [6.07, 6.45) is 1.47. The molecule has 7 heteroatoms. The van der Waals surface area contributed by atoms with E-state index in [-0.39, 0.29) is 37.6 Å². The van der Waals surface area contributed by atoms with E-state index in [1.807, 2.05) is 35.4 Å². The molecule has 0 aromatic heterocycles. The summed E-state index contributed by atoms with van der Waals surface area (Å²) in [5.41, 5.74) is 0.841. The monoisotopic (exact) mass is 254 g/mol. The van der Waals surface area contributed by atoms with Gasteiger partial charge in [0.2, 0.25) is 0 Å². The molecular formula is C8H9ClN2NaO2P. The maximum absolute atomic E-state index is 11.2. The van der Waals surface area contributed by atoms with E-state index in [1.165, 1.54) is 6.19 Å². The van der Waals surface area contributed by atoms with Crippen LogP contribution in [0.2, 0.25) is 0 Å². The van der Waals surface area contributed by atoms with E-state index >= 15 is 0 Å². The molecule has 0 bridgehead atoms. The SMILES string of the molecule is N#CNP(=O)(Cl)OCc1ccccc1.[H-].[Na+]. The smallest absolute Gasteiger partial charge is 1.00 e. The Labute approximate surface area is 117 Å². The molecule has 0 aliphatic heterocycles. The number of nitriles is 1. The molecule has 0 spiro atoms. The number of nitrogens with one attached hydrogen (secondary N) is 1. The number of hydrogen-bond donors (Lipinski definition) is 1. The molecule has 0 radical (unpaired) electrons. The molecule has 1 atom stereocenters. The van der Waals surface area contributed by atoms with E-state index in [0.717, 1.165) is 5.56 Å². The fourth-order valence-corrected chi connectivity index (χ4v) is 1.58. The summed E-state index contributed by atoms with van der Waals surface area (Å²) >= 11 is 5.39. The Morgan fingerprint density at radius 3 is 2.67 bits per heavy atom. The van der Waals surface area contributed by atoms with E-state index in [0.29, 0.717) is 0 Å². The zero-order valence-electron chi connectivity index (χ0n) is 9.18. The molecule has 0 amide bonds. The van der Waals surface area contributed by atoms with Crippen molar-refractivity contribution in [2.75, 3.05) is 0 Å². The molecule has 76 valence electrons. The minimum atomic E-state index is -3.50. The van der Waals surface area contributed by atoms with Crippen LogP contribution >= 0.6 is 18.1 Å². The molecule has 1 N–H and O–H groups in total. The molecule has 0 fully saturated rings. The first-order valence-corrected chi connectivity index (χ1v) is 6.31. The average molecular weight is 255 g/mol. The van der Waals surface area contributed by atoms with Crippen LogP contribution < -0.4 is 34.6 Å². The maximum Gasteiger partial charge on any atom is 1.00 e. The summed E-state index contributed by atoms with van der Waals surface area (Å²) in [4.78, 5) is 0. The van der Waals surface area contributed by atoms with E-state index in [9.17, 15) is 4.57 Å². The standard InChI is InChI=1S/C8H8ClN2O2P.Na.H/c9-14(12,11-7-10)13-6-8-4-2-1-3-5-8;;/h1-5H,6H2,(H,11,12);;/q;+1;-1. The second-order valence-electron chi connectivity index (χ2n) is 2.46. The van der Waals surface area contributed by atoms with Gasteiger partial charge < -0.3 is 1.43 Å². The zero-order chi connectivity index (χ0) is 10.4. The van der Waals surface area contributed by atoms with Crippen molar-refractivity contribution >= 4 is 18.1 Å². The molecule has 0 saturated heterocycles. The van der Waals surface area contributed by atoms with Gasteiger partial charge in [-0.2, -0.15) is 5.26 Å². The molecule has 0 aliphatic carbocycles. The van der Waals surface area contributed by atoms with Crippen LogP contribution in [0.1, 0.15) is 6.99 Å². The van der Waals surface area contributed by atoms with Crippen molar-refractivity contribution in [2.24, 2.45) is 0 Å². The van der Waals surface area contributed by atoms with Gasteiger partial charge in [-0.1, -0.05) is 30.3 Å². The third kappa shape index (κ3) is 6.21. The number of rotatable bonds is 4. The predicted molar refractivity (Wildman–Crippen MR) is 54.6 cm³/mol. The van der Waals surface area contributed by atoms with Crippen molar-refractivity contribution < 1.29 is 40.1 Å². The summed E-state index contributed by atoms with van der Waals surface area (Å²) in [5.74, 6) is 0. The van der Waals surface area contributed by atoms with Crippen molar-refractivity contribution in [1.82, 2.24) is 5.09 Å². The Bertz CT molecular complexity index is 387. The van der Waals surface area contributed by atoms with Gasteiger partial charge >= 0.3 is 36.4 Å². The Morgan fingerprint density at radius 1 is 1.53 bits per heavy atom. The first kappa shape index (κ1) is 15.0. The predicted octanol–water partition coefficient (Wildman–Crippen LogP) is -0.263. The van der Waals surface area contributed by atoms with Crippen LogP contribution in [0.15, 0.2) is 30.3 Å². The Hall–Kier alpha value is -0.0100.